The van der Waals surface area contributed by atoms with Crippen molar-refractivity contribution in [1.82, 2.24) is 0 Å². The van der Waals surface area contributed by atoms with E-state index in [-0.39, 0.29) is 35.5 Å². The summed E-state index contributed by atoms with van der Waals surface area (Å²) >= 11 is 0. The Morgan fingerprint density at radius 2 is 1.76 bits per heavy atom. The molecule has 2 atom stereocenters. The monoisotopic (exact) mass is 378 g/mol. The minimum Gasteiger partial charge on any atom is -0.457 e. The molecule has 0 saturated heterocycles. The molecule has 1 aliphatic rings. The van der Waals surface area contributed by atoms with Gasteiger partial charge in [0, 0.05) is 29.3 Å². The van der Waals surface area contributed by atoms with E-state index in [1.807, 2.05) is 0 Å². The average molecular weight is 378 g/mol. The first-order valence-electron chi connectivity index (χ1n) is 7.13. The normalized spacial score (nSPS) is 18.1. The smallest absolute Gasteiger partial charge is 0.457 e. The molecule has 134 valence electrons. The first-order chi connectivity index (χ1) is 11.7. The third-order valence-corrected chi connectivity index (χ3v) is 4.92. The van der Waals surface area contributed by atoms with Gasteiger partial charge in [-0.25, -0.2) is 13.0 Å². The lowest BCUT2D eigenvalue weighted by atomic mass is 10.1. The van der Waals surface area contributed by atoms with Crippen molar-refractivity contribution in [3.63, 3.8) is 0 Å². The molecule has 1 unspecified atom stereocenters. The van der Waals surface area contributed by atoms with Crippen molar-refractivity contribution >= 4 is 10.8 Å². The molecule has 0 amide bonds. The highest BCUT2D eigenvalue weighted by atomic mass is 32.2. The van der Waals surface area contributed by atoms with Gasteiger partial charge in [0.15, 0.2) is 10.8 Å². The van der Waals surface area contributed by atoms with Gasteiger partial charge < -0.3 is 9.84 Å². The zero-order valence-corrected chi connectivity index (χ0v) is 13.3. The number of fused-ring (bicyclic) bond motifs is 1. The van der Waals surface area contributed by atoms with Crippen LogP contribution in [0.4, 0.5) is 22.0 Å². The summed E-state index contributed by atoms with van der Waals surface area (Å²) in [6.07, 6.45) is -0.897. The Hall–Kier alpha value is -2.00. The maximum Gasteiger partial charge on any atom is 0.475 e. The predicted octanol–water partition coefficient (Wildman–Crippen LogP) is 4.36. The van der Waals surface area contributed by atoms with Gasteiger partial charge in [-0.15, -0.1) is 0 Å². The van der Waals surface area contributed by atoms with E-state index >= 15 is 0 Å². The van der Waals surface area contributed by atoms with Gasteiger partial charge in [0.1, 0.15) is 23.1 Å². The predicted molar refractivity (Wildman–Crippen MR) is 78.6 cm³/mol. The van der Waals surface area contributed by atoms with Gasteiger partial charge in [0.25, 0.3) is 0 Å². The number of halogens is 5. The Labute approximate surface area is 141 Å². The molecular formula is C16H11F5O3S. The van der Waals surface area contributed by atoms with Crippen LogP contribution in [-0.2, 0) is 17.2 Å². The molecule has 3 rings (SSSR count). The molecule has 1 aliphatic carbocycles. The lowest BCUT2D eigenvalue weighted by Gasteiger charge is -2.16. The van der Waals surface area contributed by atoms with Crippen LogP contribution in [0.3, 0.4) is 0 Å². The summed E-state index contributed by atoms with van der Waals surface area (Å²) in [6.45, 7) is 0. The van der Waals surface area contributed by atoms with E-state index in [0.29, 0.717) is 6.07 Å². The third-order valence-electron chi connectivity index (χ3n) is 3.75. The van der Waals surface area contributed by atoms with E-state index < -0.39 is 38.9 Å². The zero-order valence-electron chi connectivity index (χ0n) is 12.4. The summed E-state index contributed by atoms with van der Waals surface area (Å²) in [6, 6.07) is 4.59. The summed E-state index contributed by atoms with van der Waals surface area (Å²) in [5, 5.41) is 9.98. The van der Waals surface area contributed by atoms with Crippen LogP contribution in [0.2, 0.25) is 0 Å². The van der Waals surface area contributed by atoms with Gasteiger partial charge >= 0.3 is 5.51 Å². The number of ether oxygens (including phenoxy) is 1. The molecule has 1 N–H and O–H groups in total. The summed E-state index contributed by atoms with van der Waals surface area (Å²) in [7, 11) is -3.30. The van der Waals surface area contributed by atoms with Crippen LogP contribution in [0, 0.1) is 11.6 Å². The fraction of sp³-hybridized carbons (Fsp3) is 0.250. The quantitative estimate of drug-likeness (QED) is 0.807. The van der Waals surface area contributed by atoms with Crippen molar-refractivity contribution in [3.8, 4) is 11.5 Å². The van der Waals surface area contributed by atoms with E-state index in [4.69, 9.17) is 4.74 Å². The number of rotatable bonds is 3. The standard InChI is InChI=1S/C16H11F5O3S/c17-8-5-9(18)7-10(6-8)24-13-3-4-14(25(23)16(19,20)21)15-11(13)1-2-12(15)22/h3-7,12,22H,1-2H2/t12-,25?/m1/s1. The largest absolute Gasteiger partial charge is 0.475 e. The van der Waals surface area contributed by atoms with Crippen molar-refractivity contribution < 1.29 is 36.0 Å². The summed E-state index contributed by atoms with van der Waals surface area (Å²) < 4.78 is 81.8. The lowest BCUT2D eigenvalue weighted by molar-refractivity contribution is -0.0385. The van der Waals surface area contributed by atoms with Gasteiger partial charge in [0.2, 0.25) is 0 Å². The van der Waals surface area contributed by atoms with Crippen molar-refractivity contribution in [1.29, 1.82) is 0 Å². The molecule has 0 spiro atoms. The summed E-state index contributed by atoms with van der Waals surface area (Å²) in [5.74, 6) is -1.87. The molecule has 0 aromatic heterocycles. The fourth-order valence-electron chi connectivity index (χ4n) is 2.77. The molecule has 2 aromatic carbocycles. The minimum absolute atomic E-state index is 0.0551. The molecule has 0 saturated carbocycles. The number of hydrogen-bond donors (Lipinski definition) is 1. The van der Waals surface area contributed by atoms with E-state index in [2.05, 4.69) is 0 Å². The van der Waals surface area contributed by atoms with Gasteiger partial charge in [-0.05, 0) is 25.0 Å². The number of hydrogen-bond acceptors (Lipinski definition) is 3. The fourth-order valence-corrected chi connectivity index (χ4v) is 3.67. The summed E-state index contributed by atoms with van der Waals surface area (Å²) in [5.41, 5.74) is -4.83. The van der Waals surface area contributed by atoms with Gasteiger partial charge in [-0.2, -0.15) is 13.2 Å². The second kappa shape index (κ2) is 6.38. The van der Waals surface area contributed by atoms with Gasteiger partial charge in [0.05, 0.1) is 11.0 Å². The Kier molecular flexibility index (Phi) is 4.54. The number of benzene rings is 2. The second-order valence-electron chi connectivity index (χ2n) is 5.43. The van der Waals surface area contributed by atoms with Gasteiger partial charge in [-0.3, -0.25) is 0 Å². The van der Waals surface area contributed by atoms with Gasteiger partial charge in [-0.1, -0.05) is 0 Å². The Morgan fingerprint density at radius 3 is 2.36 bits per heavy atom. The molecule has 3 nitrogen and oxygen atoms in total. The highest BCUT2D eigenvalue weighted by Crippen LogP contribution is 2.43. The van der Waals surface area contributed by atoms with E-state index in [1.54, 1.807) is 0 Å². The second-order valence-corrected chi connectivity index (χ2v) is 6.87. The molecule has 0 bridgehead atoms. The van der Waals surface area contributed by atoms with E-state index in [1.165, 1.54) is 0 Å². The summed E-state index contributed by atoms with van der Waals surface area (Å²) in [4.78, 5) is -0.537. The Bertz CT molecular complexity index is 830. The van der Waals surface area contributed by atoms with Crippen LogP contribution in [0.5, 0.6) is 11.5 Å². The van der Waals surface area contributed by atoms with Crippen LogP contribution in [0.1, 0.15) is 23.7 Å². The number of aliphatic hydroxyl groups excluding tert-OH is 1. The topological polar surface area (TPSA) is 46.5 Å². The van der Waals surface area contributed by atoms with Crippen molar-refractivity contribution in [2.75, 3.05) is 0 Å². The lowest BCUT2D eigenvalue weighted by Crippen LogP contribution is -2.18. The molecule has 25 heavy (non-hydrogen) atoms. The molecule has 0 heterocycles. The Morgan fingerprint density at radius 1 is 1.12 bits per heavy atom. The average Bonchev–Trinajstić information content (AvgIpc) is 2.88. The molecule has 0 aliphatic heterocycles. The van der Waals surface area contributed by atoms with E-state index in [9.17, 15) is 31.3 Å². The maximum absolute atomic E-state index is 13.2. The molecule has 9 heteroatoms. The molecule has 0 fully saturated rings. The molecular weight excluding hydrogens is 367 g/mol. The number of alkyl halides is 3. The van der Waals surface area contributed by atoms with Crippen molar-refractivity contribution in [2.24, 2.45) is 0 Å². The third kappa shape index (κ3) is 3.52. The van der Waals surface area contributed by atoms with Crippen LogP contribution >= 0.6 is 0 Å². The molecule has 2 aromatic rings. The minimum atomic E-state index is -4.97. The van der Waals surface area contributed by atoms with Crippen LogP contribution in [-0.4, -0.2) is 14.8 Å². The van der Waals surface area contributed by atoms with Crippen molar-refractivity contribution in [2.45, 2.75) is 29.3 Å². The van der Waals surface area contributed by atoms with E-state index in [0.717, 1.165) is 24.3 Å². The van der Waals surface area contributed by atoms with Crippen LogP contribution in [0.15, 0.2) is 35.2 Å². The van der Waals surface area contributed by atoms with Crippen molar-refractivity contribution in [3.05, 3.63) is 53.1 Å². The van der Waals surface area contributed by atoms with Crippen LogP contribution < -0.4 is 4.74 Å². The molecule has 0 radical (unpaired) electrons. The highest BCUT2D eigenvalue weighted by molar-refractivity contribution is 7.86. The SMILES string of the molecule is O=S(c1ccc(Oc2cc(F)cc(F)c2)c2c1[C@H](O)CC2)C(F)(F)F. The Balaban J connectivity index is 2.05. The number of aliphatic hydroxyl groups is 1. The van der Waals surface area contributed by atoms with Crippen LogP contribution in [0.25, 0.3) is 0 Å². The first-order valence-corrected chi connectivity index (χ1v) is 8.28. The zero-order chi connectivity index (χ0) is 18.4. The maximum atomic E-state index is 13.2. The first kappa shape index (κ1) is 17.8. The highest BCUT2D eigenvalue weighted by Gasteiger charge is 2.41.